The number of thiophene rings is 1. The molecule has 0 saturated carbocycles. The molecule has 0 amide bonds. The molecule has 29 heavy (non-hydrogen) atoms. The first-order chi connectivity index (χ1) is 14.1. The second-order valence-corrected chi connectivity index (χ2v) is 8.81. The van der Waals surface area contributed by atoms with Crippen molar-refractivity contribution in [3.05, 3.63) is 64.8 Å². The van der Waals surface area contributed by atoms with Gasteiger partial charge in [0.2, 0.25) is 5.36 Å². The van der Waals surface area contributed by atoms with Gasteiger partial charge in [0.25, 0.3) is 0 Å². The molecule has 4 heteroatoms. The highest BCUT2D eigenvalue weighted by molar-refractivity contribution is 7.17. The predicted molar refractivity (Wildman–Crippen MR) is 128 cm³/mol. The fourth-order valence-electron chi connectivity index (χ4n) is 4.97. The number of aromatic nitrogens is 1. The predicted octanol–water partition coefficient (Wildman–Crippen LogP) is 5.72. The number of fused-ring (bicyclic) bond motifs is 7. The van der Waals surface area contributed by atoms with Crippen molar-refractivity contribution in [3.63, 3.8) is 0 Å². The van der Waals surface area contributed by atoms with Crippen LogP contribution in [-0.4, -0.2) is 25.2 Å². The van der Waals surface area contributed by atoms with Crippen molar-refractivity contribution >= 4 is 71.9 Å². The van der Waals surface area contributed by atoms with Crippen LogP contribution in [0.25, 0.3) is 48.2 Å². The average molecular weight is 395 g/mol. The first-order valence-corrected chi connectivity index (χ1v) is 10.6. The van der Waals surface area contributed by atoms with Gasteiger partial charge in [-0.1, -0.05) is 18.2 Å². The number of benzene rings is 3. The van der Waals surface area contributed by atoms with Gasteiger partial charge in [-0.3, -0.25) is 4.99 Å². The highest BCUT2D eigenvalue weighted by atomic mass is 32.1. The Labute approximate surface area is 171 Å². The molecule has 6 rings (SSSR count). The first kappa shape index (κ1) is 16.7. The van der Waals surface area contributed by atoms with Crippen molar-refractivity contribution in [2.45, 2.75) is 6.92 Å². The van der Waals surface area contributed by atoms with Gasteiger partial charge in [0.1, 0.15) is 14.1 Å². The minimum absolute atomic E-state index is 0.931. The first-order valence-electron chi connectivity index (χ1n) is 9.71. The van der Waals surface area contributed by atoms with E-state index in [2.05, 4.69) is 95.6 Å². The SMILES string of the molecule is C=Nc1ccc2c3ccccc3n3c4c(c(C)cc5sccc54)c(=[N+](C)C)c1c23. The molecule has 0 unspecified atom stereocenters. The number of para-hydroxylation sites is 1. The topological polar surface area (TPSA) is 19.8 Å². The average Bonchev–Trinajstić information content (AvgIpc) is 3.32. The Balaban J connectivity index is 2.20. The maximum Gasteiger partial charge on any atom is 0.220 e. The lowest BCUT2D eigenvalue weighted by Gasteiger charge is -2.12. The van der Waals surface area contributed by atoms with Crippen molar-refractivity contribution in [2.24, 2.45) is 4.99 Å². The number of rotatable bonds is 1. The van der Waals surface area contributed by atoms with E-state index in [0.29, 0.717) is 0 Å². The van der Waals surface area contributed by atoms with Crippen LogP contribution in [0.3, 0.4) is 0 Å². The molecule has 0 fully saturated rings. The maximum atomic E-state index is 4.42. The summed E-state index contributed by atoms with van der Waals surface area (Å²) in [5.41, 5.74) is 5.96. The van der Waals surface area contributed by atoms with Crippen molar-refractivity contribution in [2.75, 3.05) is 14.1 Å². The molecule has 0 bridgehead atoms. The zero-order valence-corrected chi connectivity index (χ0v) is 17.5. The van der Waals surface area contributed by atoms with Crippen molar-refractivity contribution in [3.8, 4) is 0 Å². The van der Waals surface area contributed by atoms with Gasteiger partial charge in [0.05, 0.1) is 33.0 Å². The molecule has 6 aromatic rings. The lowest BCUT2D eigenvalue weighted by molar-refractivity contribution is 0.826. The second-order valence-electron chi connectivity index (χ2n) is 7.86. The van der Waals surface area contributed by atoms with E-state index in [1.54, 1.807) is 11.3 Å². The Morgan fingerprint density at radius 2 is 1.72 bits per heavy atom. The quantitative estimate of drug-likeness (QED) is 0.193. The molecule has 0 aliphatic heterocycles. The van der Waals surface area contributed by atoms with Crippen LogP contribution in [0.5, 0.6) is 0 Å². The van der Waals surface area contributed by atoms with Gasteiger partial charge in [-0.2, -0.15) is 0 Å². The summed E-state index contributed by atoms with van der Waals surface area (Å²) in [5, 5.41) is 9.71. The Kier molecular flexibility index (Phi) is 3.25. The zero-order chi connectivity index (χ0) is 19.9. The van der Waals surface area contributed by atoms with Crippen LogP contribution in [0, 0.1) is 6.92 Å². The molecule has 0 N–H and O–H groups in total. The van der Waals surface area contributed by atoms with E-state index in [-0.39, 0.29) is 0 Å². The number of pyridine rings is 1. The molecule has 3 aromatic carbocycles. The lowest BCUT2D eigenvalue weighted by atomic mass is 10.0. The molecule has 0 atom stereocenters. The summed E-state index contributed by atoms with van der Waals surface area (Å²) in [5.74, 6) is 0. The fourth-order valence-corrected chi connectivity index (χ4v) is 5.85. The molecule has 0 aliphatic rings. The largest absolute Gasteiger partial charge is 0.307 e. The lowest BCUT2D eigenvalue weighted by Crippen LogP contribution is -2.25. The van der Waals surface area contributed by atoms with Gasteiger partial charge in [-0.25, -0.2) is 4.58 Å². The van der Waals surface area contributed by atoms with Crippen molar-refractivity contribution in [1.82, 2.24) is 8.98 Å². The van der Waals surface area contributed by atoms with Crippen LogP contribution in [0.4, 0.5) is 5.69 Å². The van der Waals surface area contributed by atoms with E-state index in [0.717, 1.165) is 5.69 Å². The number of nitrogens with zero attached hydrogens (tertiary/aromatic N) is 3. The highest BCUT2D eigenvalue weighted by Gasteiger charge is 2.23. The third kappa shape index (κ3) is 1.97. The molecular formula is C25H20N3S+. The van der Waals surface area contributed by atoms with Crippen LogP contribution in [0.1, 0.15) is 5.56 Å². The molecule has 0 aliphatic carbocycles. The Morgan fingerprint density at radius 1 is 0.931 bits per heavy atom. The van der Waals surface area contributed by atoms with Crippen molar-refractivity contribution < 1.29 is 0 Å². The molecule has 140 valence electrons. The molecule has 0 radical (unpaired) electrons. The van der Waals surface area contributed by atoms with E-state index >= 15 is 0 Å². The minimum atomic E-state index is 0.931. The maximum absolute atomic E-state index is 4.42. The Hall–Kier alpha value is -3.24. The molecule has 0 saturated heterocycles. The summed E-state index contributed by atoms with van der Waals surface area (Å²) in [6.45, 7) is 6.10. The van der Waals surface area contributed by atoms with E-state index in [1.165, 1.54) is 59.1 Å². The normalized spacial score (nSPS) is 12.1. The van der Waals surface area contributed by atoms with Gasteiger partial charge < -0.3 is 4.40 Å². The minimum Gasteiger partial charge on any atom is -0.307 e. The number of aliphatic imine (C=N–C) groups is 1. The Morgan fingerprint density at radius 3 is 2.52 bits per heavy atom. The third-order valence-corrected chi connectivity index (χ3v) is 6.92. The van der Waals surface area contributed by atoms with Gasteiger partial charge in [0, 0.05) is 20.9 Å². The Bertz CT molecular complexity index is 1690. The molecule has 3 heterocycles. The van der Waals surface area contributed by atoms with Gasteiger partial charge in [-0.05, 0) is 54.9 Å². The third-order valence-electron chi connectivity index (χ3n) is 6.06. The van der Waals surface area contributed by atoms with E-state index in [4.69, 9.17) is 0 Å². The number of hydrogen-bond donors (Lipinski definition) is 0. The monoisotopic (exact) mass is 394 g/mol. The summed E-state index contributed by atoms with van der Waals surface area (Å²) in [4.78, 5) is 4.42. The van der Waals surface area contributed by atoms with Gasteiger partial charge in [0.15, 0.2) is 0 Å². The summed E-state index contributed by atoms with van der Waals surface area (Å²) >= 11 is 1.81. The molecule has 0 spiro atoms. The van der Waals surface area contributed by atoms with Gasteiger partial charge in [-0.15, -0.1) is 11.3 Å². The highest BCUT2D eigenvalue weighted by Crippen LogP contribution is 2.40. The second kappa shape index (κ2) is 5.65. The van der Waals surface area contributed by atoms with E-state index < -0.39 is 0 Å². The number of aryl methyl sites for hydroxylation is 1. The fraction of sp³-hybridized carbons (Fsp3) is 0.120. The van der Waals surface area contributed by atoms with Crippen LogP contribution < -0.4 is 9.93 Å². The molecular weight excluding hydrogens is 374 g/mol. The number of hydrogen-bond acceptors (Lipinski definition) is 2. The van der Waals surface area contributed by atoms with Crippen molar-refractivity contribution in [1.29, 1.82) is 0 Å². The van der Waals surface area contributed by atoms with Gasteiger partial charge >= 0.3 is 0 Å². The smallest absolute Gasteiger partial charge is 0.220 e. The van der Waals surface area contributed by atoms with E-state index in [9.17, 15) is 0 Å². The summed E-state index contributed by atoms with van der Waals surface area (Å²) in [6.07, 6.45) is 0. The van der Waals surface area contributed by atoms with Crippen LogP contribution in [0.15, 0.2) is 58.9 Å². The van der Waals surface area contributed by atoms with Crippen LogP contribution in [0.2, 0.25) is 0 Å². The van der Waals surface area contributed by atoms with Crippen LogP contribution >= 0.6 is 11.3 Å². The summed E-state index contributed by atoms with van der Waals surface area (Å²) in [7, 11) is 4.25. The standard InChI is InChI=1S/C25H20N3S/c1-14-13-20-17(11-12-29-20)24-21(14)25(27(3)4)22-18(26-2)10-9-16-15-7-5-6-8-19(15)28(24)23(16)22/h5-13H,2H2,1,3-4H3/q+1. The summed E-state index contributed by atoms with van der Waals surface area (Å²) < 4.78 is 6.01. The van der Waals surface area contributed by atoms with Crippen LogP contribution in [-0.2, 0) is 0 Å². The molecule has 3 nitrogen and oxygen atoms in total. The van der Waals surface area contributed by atoms with E-state index in [1.807, 2.05) is 0 Å². The molecule has 3 aromatic heterocycles. The zero-order valence-electron chi connectivity index (χ0n) is 16.7. The summed E-state index contributed by atoms with van der Waals surface area (Å²) in [6, 6.07) is 17.6.